The molecule has 0 fully saturated rings. The number of aromatic nitrogens is 5. The number of rotatable bonds is 3. The highest BCUT2D eigenvalue weighted by atomic mass is 15.4. The van der Waals surface area contributed by atoms with Gasteiger partial charge in [0.05, 0.1) is 30.0 Å². The molecule has 0 spiro atoms. The van der Waals surface area contributed by atoms with Gasteiger partial charge in [0.2, 0.25) is 0 Å². The summed E-state index contributed by atoms with van der Waals surface area (Å²) < 4.78 is 1.88. The molecule has 0 saturated heterocycles. The van der Waals surface area contributed by atoms with Gasteiger partial charge in [0.25, 0.3) is 0 Å². The number of aromatic amines is 1. The van der Waals surface area contributed by atoms with Crippen molar-refractivity contribution in [1.29, 1.82) is 0 Å². The SMILES string of the molecule is CC(C)(C)n1cc(CNc2ccc3[nH]ncc3c2)nn1. The smallest absolute Gasteiger partial charge is 0.102 e. The molecule has 3 aromatic rings. The van der Waals surface area contributed by atoms with Crippen LogP contribution in [0.5, 0.6) is 0 Å². The molecular weight excluding hydrogens is 252 g/mol. The number of benzene rings is 1. The van der Waals surface area contributed by atoms with E-state index in [1.807, 2.05) is 29.2 Å². The van der Waals surface area contributed by atoms with Crippen LogP contribution in [0.1, 0.15) is 26.5 Å². The van der Waals surface area contributed by atoms with Crippen LogP contribution >= 0.6 is 0 Å². The highest BCUT2D eigenvalue weighted by Gasteiger charge is 2.14. The van der Waals surface area contributed by atoms with Crippen molar-refractivity contribution in [3.63, 3.8) is 0 Å². The molecule has 1 aromatic carbocycles. The Labute approximate surface area is 117 Å². The van der Waals surface area contributed by atoms with Crippen molar-refractivity contribution in [2.24, 2.45) is 0 Å². The van der Waals surface area contributed by atoms with Crippen molar-refractivity contribution >= 4 is 16.6 Å². The van der Waals surface area contributed by atoms with Gasteiger partial charge in [-0.25, -0.2) is 4.68 Å². The van der Waals surface area contributed by atoms with Gasteiger partial charge in [-0.2, -0.15) is 5.10 Å². The quantitative estimate of drug-likeness (QED) is 0.767. The molecule has 104 valence electrons. The minimum Gasteiger partial charge on any atom is -0.379 e. The van der Waals surface area contributed by atoms with E-state index in [-0.39, 0.29) is 5.54 Å². The minimum atomic E-state index is -0.0407. The standard InChI is InChI=1S/C14H18N6/c1-14(2,3)20-9-12(17-19-20)8-15-11-4-5-13-10(6-11)7-16-18-13/h4-7,9,15H,8H2,1-3H3,(H,16,18). The van der Waals surface area contributed by atoms with E-state index in [9.17, 15) is 0 Å². The van der Waals surface area contributed by atoms with Gasteiger partial charge in [-0.3, -0.25) is 5.10 Å². The Morgan fingerprint density at radius 2 is 2.15 bits per heavy atom. The molecule has 0 radical (unpaired) electrons. The van der Waals surface area contributed by atoms with E-state index < -0.39 is 0 Å². The van der Waals surface area contributed by atoms with Crippen molar-refractivity contribution < 1.29 is 0 Å². The molecule has 6 nitrogen and oxygen atoms in total. The maximum atomic E-state index is 4.18. The maximum absolute atomic E-state index is 4.18. The van der Waals surface area contributed by atoms with Gasteiger partial charge in [-0.1, -0.05) is 5.21 Å². The molecule has 2 aromatic heterocycles. The zero-order valence-corrected chi connectivity index (χ0v) is 11.9. The summed E-state index contributed by atoms with van der Waals surface area (Å²) in [7, 11) is 0. The molecule has 3 rings (SSSR count). The van der Waals surface area contributed by atoms with Crippen molar-refractivity contribution in [1.82, 2.24) is 25.2 Å². The topological polar surface area (TPSA) is 71.4 Å². The Bertz CT molecular complexity index is 718. The predicted molar refractivity (Wildman–Crippen MR) is 78.4 cm³/mol. The summed E-state index contributed by atoms with van der Waals surface area (Å²) in [5.41, 5.74) is 2.96. The molecule has 0 amide bonds. The molecule has 0 aliphatic carbocycles. The molecule has 20 heavy (non-hydrogen) atoms. The molecule has 2 N–H and O–H groups in total. The number of fused-ring (bicyclic) bond motifs is 1. The predicted octanol–water partition coefficient (Wildman–Crippen LogP) is 2.52. The third-order valence-electron chi connectivity index (χ3n) is 3.14. The summed E-state index contributed by atoms with van der Waals surface area (Å²) in [5.74, 6) is 0. The Morgan fingerprint density at radius 1 is 1.30 bits per heavy atom. The van der Waals surface area contributed by atoms with Crippen LogP contribution in [-0.2, 0) is 12.1 Å². The number of H-pyrrole nitrogens is 1. The Kier molecular flexibility index (Phi) is 2.93. The van der Waals surface area contributed by atoms with E-state index in [2.05, 4.69) is 52.7 Å². The fraction of sp³-hybridized carbons (Fsp3) is 0.357. The van der Waals surface area contributed by atoms with E-state index >= 15 is 0 Å². The third kappa shape index (κ3) is 2.49. The molecule has 0 unspecified atom stereocenters. The van der Waals surface area contributed by atoms with Crippen LogP contribution in [0, 0.1) is 0 Å². The lowest BCUT2D eigenvalue weighted by Gasteiger charge is -2.17. The number of nitrogens with one attached hydrogen (secondary N) is 2. The second-order valence-electron chi connectivity index (χ2n) is 5.85. The van der Waals surface area contributed by atoms with E-state index in [0.29, 0.717) is 6.54 Å². The second kappa shape index (κ2) is 4.63. The number of hydrogen-bond donors (Lipinski definition) is 2. The summed E-state index contributed by atoms with van der Waals surface area (Å²) in [6.45, 7) is 6.96. The number of nitrogens with zero attached hydrogens (tertiary/aromatic N) is 4. The Balaban J connectivity index is 1.71. The first-order valence-electron chi connectivity index (χ1n) is 6.61. The summed E-state index contributed by atoms with van der Waals surface area (Å²) in [6, 6.07) is 6.10. The fourth-order valence-corrected chi connectivity index (χ4v) is 1.95. The maximum Gasteiger partial charge on any atom is 0.102 e. The van der Waals surface area contributed by atoms with Gasteiger partial charge in [0.1, 0.15) is 5.69 Å². The van der Waals surface area contributed by atoms with Gasteiger partial charge in [-0.05, 0) is 39.0 Å². The van der Waals surface area contributed by atoms with Crippen LogP contribution in [0.4, 0.5) is 5.69 Å². The highest BCUT2D eigenvalue weighted by molar-refractivity contribution is 5.81. The monoisotopic (exact) mass is 270 g/mol. The zero-order valence-electron chi connectivity index (χ0n) is 11.9. The van der Waals surface area contributed by atoms with Gasteiger partial charge in [0.15, 0.2) is 0 Å². The van der Waals surface area contributed by atoms with Crippen molar-refractivity contribution in [3.8, 4) is 0 Å². The lowest BCUT2D eigenvalue weighted by atomic mass is 10.1. The van der Waals surface area contributed by atoms with Crippen molar-refractivity contribution in [2.75, 3.05) is 5.32 Å². The van der Waals surface area contributed by atoms with Crippen LogP contribution in [0.15, 0.2) is 30.6 Å². The van der Waals surface area contributed by atoms with Gasteiger partial charge < -0.3 is 5.32 Å². The molecular formula is C14H18N6. The van der Waals surface area contributed by atoms with E-state index in [1.165, 1.54) is 0 Å². The van der Waals surface area contributed by atoms with Crippen LogP contribution < -0.4 is 5.32 Å². The van der Waals surface area contributed by atoms with Crippen LogP contribution in [0.25, 0.3) is 10.9 Å². The fourth-order valence-electron chi connectivity index (χ4n) is 1.95. The normalized spacial score (nSPS) is 11.9. The van der Waals surface area contributed by atoms with E-state index in [0.717, 1.165) is 22.3 Å². The van der Waals surface area contributed by atoms with Gasteiger partial charge >= 0.3 is 0 Å². The molecule has 0 saturated carbocycles. The molecule has 6 heteroatoms. The highest BCUT2D eigenvalue weighted by Crippen LogP contribution is 2.17. The van der Waals surface area contributed by atoms with Crippen LogP contribution in [-0.4, -0.2) is 25.2 Å². The van der Waals surface area contributed by atoms with Crippen LogP contribution in [0.2, 0.25) is 0 Å². The first-order chi connectivity index (χ1) is 9.52. The first-order valence-corrected chi connectivity index (χ1v) is 6.61. The zero-order chi connectivity index (χ0) is 14.2. The summed E-state index contributed by atoms with van der Waals surface area (Å²) in [6.07, 6.45) is 3.79. The molecule has 0 atom stereocenters. The Hall–Kier alpha value is -2.37. The summed E-state index contributed by atoms with van der Waals surface area (Å²) in [4.78, 5) is 0. The molecule has 0 aliphatic rings. The average molecular weight is 270 g/mol. The lowest BCUT2D eigenvalue weighted by Crippen LogP contribution is -2.22. The molecule has 0 aliphatic heterocycles. The van der Waals surface area contributed by atoms with E-state index in [4.69, 9.17) is 0 Å². The summed E-state index contributed by atoms with van der Waals surface area (Å²) >= 11 is 0. The average Bonchev–Trinajstić information content (AvgIpc) is 3.04. The number of anilines is 1. The summed E-state index contributed by atoms with van der Waals surface area (Å²) in [5, 5.41) is 19.7. The minimum absolute atomic E-state index is 0.0407. The van der Waals surface area contributed by atoms with E-state index in [1.54, 1.807) is 0 Å². The lowest BCUT2D eigenvalue weighted by molar-refractivity contribution is 0.347. The largest absolute Gasteiger partial charge is 0.379 e. The van der Waals surface area contributed by atoms with Crippen LogP contribution in [0.3, 0.4) is 0 Å². The second-order valence-corrected chi connectivity index (χ2v) is 5.85. The molecule has 2 heterocycles. The van der Waals surface area contributed by atoms with Crippen molar-refractivity contribution in [3.05, 3.63) is 36.3 Å². The molecule has 0 bridgehead atoms. The van der Waals surface area contributed by atoms with Gasteiger partial charge in [-0.15, -0.1) is 5.10 Å². The first kappa shape index (κ1) is 12.7. The van der Waals surface area contributed by atoms with Crippen molar-refractivity contribution in [2.45, 2.75) is 32.9 Å². The third-order valence-corrected chi connectivity index (χ3v) is 3.14. The Morgan fingerprint density at radius 3 is 2.90 bits per heavy atom. The van der Waals surface area contributed by atoms with Gasteiger partial charge in [0, 0.05) is 11.1 Å². The number of hydrogen-bond acceptors (Lipinski definition) is 4.